The van der Waals surface area contributed by atoms with Crippen LogP contribution >= 0.6 is 0 Å². The largest absolute Gasteiger partial charge is 0.374 e. The van der Waals surface area contributed by atoms with Gasteiger partial charge in [0.1, 0.15) is 17.7 Å². The third-order valence-corrected chi connectivity index (χ3v) is 9.75. The third kappa shape index (κ3) is 6.78. The molecule has 1 amide bonds. The van der Waals surface area contributed by atoms with Gasteiger partial charge in [0, 0.05) is 28.8 Å². The molecule has 1 atom stereocenters. The van der Waals surface area contributed by atoms with Gasteiger partial charge in [-0.1, -0.05) is 42.5 Å². The number of pyridine rings is 1. The number of aliphatic hydroxyl groups excluding tert-OH is 1. The van der Waals surface area contributed by atoms with Crippen molar-refractivity contribution in [1.82, 2.24) is 20.2 Å². The van der Waals surface area contributed by atoms with E-state index in [0.29, 0.717) is 51.3 Å². The van der Waals surface area contributed by atoms with Gasteiger partial charge in [0.2, 0.25) is 10.0 Å². The maximum atomic E-state index is 13.8. The summed E-state index contributed by atoms with van der Waals surface area (Å²) in [5, 5.41) is 21.9. The first-order valence-electron chi connectivity index (χ1n) is 15.5. The first-order chi connectivity index (χ1) is 22.4. The number of benzene rings is 3. The van der Waals surface area contributed by atoms with Crippen molar-refractivity contribution in [3.8, 4) is 22.4 Å². The maximum absolute atomic E-state index is 13.8. The van der Waals surface area contributed by atoms with E-state index in [2.05, 4.69) is 10.6 Å². The number of anilines is 1. The van der Waals surface area contributed by atoms with Crippen LogP contribution in [0.3, 0.4) is 0 Å². The molecule has 6 rings (SSSR count). The molecule has 2 heterocycles. The highest BCUT2D eigenvalue weighted by atomic mass is 32.2. The minimum atomic E-state index is -3.72. The Labute approximate surface area is 274 Å². The van der Waals surface area contributed by atoms with Gasteiger partial charge in [-0.05, 0) is 93.2 Å². The quantitative estimate of drug-likeness (QED) is 0.154. The normalized spacial score (nSPS) is 14.3. The van der Waals surface area contributed by atoms with Crippen LogP contribution in [0.5, 0.6) is 0 Å². The minimum Gasteiger partial charge on any atom is -0.374 e. The Bertz CT molecular complexity index is 2040. The molecule has 1 aliphatic rings. The molecule has 1 unspecified atom stereocenters. The monoisotopic (exact) mass is 655 g/mol. The van der Waals surface area contributed by atoms with Crippen LogP contribution in [0.2, 0.25) is 0 Å². The van der Waals surface area contributed by atoms with Gasteiger partial charge >= 0.3 is 0 Å². The van der Waals surface area contributed by atoms with Gasteiger partial charge in [-0.2, -0.15) is 5.10 Å². The summed E-state index contributed by atoms with van der Waals surface area (Å²) in [7, 11) is -2.12. The van der Waals surface area contributed by atoms with Crippen molar-refractivity contribution in [2.45, 2.75) is 38.5 Å². The third-order valence-electron chi connectivity index (χ3n) is 8.60. The Kier molecular flexibility index (Phi) is 8.64. The summed E-state index contributed by atoms with van der Waals surface area (Å²) in [4.78, 5) is 13.6. The van der Waals surface area contributed by atoms with E-state index in [0.717, 1.165) is 18.4 Å². The lowest BCUT2D eigenvalue weighted by Gasteiger charge is -2.27. The van der Waals surface area contributed by atoms with E-state index in [1.807, 2.05) is 50.2 Å². The number of fused-ring (bicyclic) bond motifs is 1. The zero-order chi connectivity index (χ0) is 33.5. The van der Waals surface area contributed by atoms with Gasteiger partial charge in [-0.3, -0.25) is 14.4 Å². The van der Waals surface area contributed by atoms with Crippen LogP contribution in [0.1, 0.15) is 54.4 Å². The summed E-state index contributed by atoms with van der Waals surface area (Å²) in [6, 6.07) is 24.4. The fourth-order valence-corrected chi connectivity index (χ4v) is 6.81. The Morgan fingerprint density at radius 2 is 1.74 bits per heavy atom. The standard InChI is InChI=1S/C36H38FN5O4S/c1-36(2,27-11-6-5-7-12-27)39-34(43)26-10-8-9-25(19-26)29-20-30-32(35(44)38-3)33(24-15-17-28(37)18-16-24)40-41(30)22-31(29)42(47(4,45)46)21-23-13-14-23/h5-12,15-20,22-23,35,38,44H,13-14,21H2,1-4H3,(H,39,43). The van der Waals surface area contributed by atoms with Crippen molar-refractivity contribution in [3.05, 3.63) is 114 Å². The molecule has 0 aliphatic heterocycles. The maximum Gasteiger partial charge on any atom is 0.251 e. The molecule has 1 saturated carbocycles. The minimum absolute atomic E-state index is 0.236. The number of sulfonamides is 1. The highest BCUT2D eigenvalue weighted by Crippen LogP contribution is 2.40. The lowest BCUT2D eigenvalue weighted by molar-refractivity contribution is 0.0912. The zero-order valence-electron chi connectivity index (χ0n) is 26.7. The van der Waals surface area contributed by atoms with Gasteiger partial charge in [0.15, 0.2) is 0 Å². The molecule has 9 nitrogen and oxygen atoms in total. The average molecular weight is 656 g/mol. The molecule has 3 N–H and O–H groups in total. The summed E-state index contributed by atoms with van der Waals surface area (Å²) >= 11 is 0. The van der Waals surface area contributed by atoms with Crippen molar-refractivity contribution in [3.63, 3.8) is 0 Å². The summed E-state index contributed by atoms with van der Waals surface area (Å²) in [6.07, 6.45) is 3.57. The molecule has 0 saturated heterocycles. The molecular weight excluding hydrogens is 617 g/mol. The van der Waals surface area contributed by atoms with Crippen LogP contribution in [0, 0.1) is 11.7 Å². The molecule has 244 valence electrons. The Balaban J connectivity index is 1.53. The molecule has 0 radical (unpaired) electrons. The molecule has 47 heavy (non-hydrogen) atoms. The van der Waals surface area contributed by atoms with E-state index in [4.69, 9.17) is 5.10 Å². The number of carbonyl (C=O) groups excluding carboxylic acids is 1. The highest BCUT2D eigenvalue weighted by molar-refractivity contribution is 7.92. The van der Waals surface area contributed by atoms with E-state index in [1.165, 1.54) is 22.7 Å². The van der Waals surface area contributed by atoms with Crippen molar-refractivity contribution < 1.29 is 22.7 Å². The Morgan fingerprint density at radius 3 is 2.38 bits per heavy atom. The van der Waals surface area contributed by atoms with Crippen molar-refractivity contribution >= 4 is 27.1 Å². The first-order valence-corrected chi connectivity index (χ1v) is 17.3. The summed E-state index contributed by atoms with van der Waals surface area (Å²) in [5.74, 6) is -0.451. The van der Waals surface area contributed by atoms with Crippen LogP contribution in [-0.2, 0) is 15.6 Å². The number of aliphatic hydroxyl groups is 1. The molecule has 1 fully saturated rings. The number of carbonyl (C=O) groups is 1. The molecule has 3 aromatic carbocycles. The smallest absolute Gasteiger partial charge is 0.251 e. The molecule has 2 aromatic heterocycles. The van der Waals surface area contributed by atoms with Gasteiger partial charge in [0.05, 0.1) is 29.2 Å². The molecule has 1 aliphatic carbocycles. The van der Waals surface area contributed by atoms with Gasteiger partial charge in [-0.25, -0.2) is 17.3 Å². The lowest BCUT2D eigenvalue weighted by atomic mass is 9.93. The van der Waals surface area contributed by atoms with Crippen molar-refractivity contribution in [2.24, 2.45) is 5.92 Å². The molecule has 5 aromatic rings. The van der Waals surface area contributed by atoms with Crippen LogP contribution < -0.4 is 14.9 Å². The average Bonchev–Trinajstić information content (AvgIpc) is 3.81. The first kappa shape index (κ1) is 32.4. The number of hydrogen-bond donors (Lipinski definition) is 3. The number of nitrogens with one attached hydrogen (secondary N) is 2. The molecule has 11 heteroatoms. The van der Waals surface area contributed by atoms with E-state index < -0.39 is 27.6 Å². The number of aromatic nitrogens is 2. The number of halogens is 1. The summed E-state index contributed by atoms with van der Waals surface area (Å²) in [6.45, 7) is 4.18. The van der Waals surface area contributed by atoms with Crippen LogP contribution in [-0.4, -0.2) is 48.9 Å². The van der Waals surface area contributed by atoms with E-state index in [-0.39, 0.29) is 11.8 Å². The van der Waals surface area contributed by atoms with Crippen molar-refractivity contribution in [2.75, 3.05) is 24.2 Å². The van der Waals surface area contributed by atoms with Gasteiger partial charge < -0.3 is 10.4 Å². The zero-order valence-corrected chi connectivity index (χ0v) is 27.6. The molecule has 0 spiro atoms. The van der Waals surface area contributed by atoms with Gasteiger partial charge in [0.25, 0.3) is 5.91 Å². The molecular formula is C36H38FN5O4S. The van der Waals surface area contributed by atoms with E-state index in [9.17, 15) is 22.7 Å². The highest BCUT2D eigenvalue weighted by Gasteiger charge is 2.32. The van der Waals surface area contributed by atoms with Crippen LogP contribution in [0.25, 0.3) is 27.9 Å². The number of rotatable bonds is 11. The van der Waals surface area contributed by atoms with Gasteiger partial charge in [-0.15, -0.1) is 0 Å². The summed E-state index contributed by atoms with van der Waals surface area (Å²) in [5.41, 5.74) is 4.23. The van der Waals surface area contributed by atoms with E-state index in [1.54, 1.807) is 54.2 Å². The Morgan fingerprint density at radius 1 is 1.04 bits per heavy atom. The number of amides is 1. The SMILES string of the molecule is CNC(O)c1c(-c2ccc(F)cc2)nn2cc(N(CC3CC3)S(C)(=O)=O)c(-c3cccc(C(=O)NC(C)(C)c4ccccc4)c3)cc12. The fraction of sp³-hybridized carbons (Fsp3) is 0.278. The molecule has 0 bridgehead atoms. The second-order valence-corrected chi connectivity index (χ2v) is 14.5. The predicted molar refractivity (Wildman–Crippen MR) is 182 cm³/mol. The lowest BCUT2D eigenvalue weighted by Crippen LogP contribution is -2.40. The topological polar surface area (TPSA) is 116 Å². The number of nitrogens with zero attached hydrogens (tertiary/aromatic N) is 3. The second kappa shape index (κ2) is 12.6. The fourth-order valence-electron chi connectivity index (χ4n) is 5.82. The van der Waals surface area contributed by atoms with E-state index >= 15 is 0 Å². The summed E-state index contributed by atoms with van der Waals surface area (Å²) < 4.78 is 43.4. The Hall–Kier alpha value is -4.58. The predicted octanol–water partition coefficient (Wildman–Crippen LogP) is 5.86. The number of hydrogen-bond acceptors (Lipinski definition) is 6. The van der Waals surface area contributed by atoms with Crippen molar-refractivity contribution in [1.29, 1.82) is 0 Å². The van der Waals surface area contributed by atoms with Crippen LogP contribution in [0.15, 0.2) is 91.1 Å². The second-order valence-electron chi connectivity index (χ2n) is 12.6. The van der Waals surface area contributed by atoms with Crippen LogP contribution in [0.4, 0.5) is 10.1 Å².